The highest BCUT2D eigenvalue weighted by molar-refractivity contribution is 6.00. The monoisotopic (exact) mass is 423 g/mol. The molecule has 0 saturated carbocycles. The highest BCUT2D eigenvalue weighted by atomic mass is 16.5. The molecular formula is C24H25NO6. The summed E-state index contributed by atoms with van der Waals surface area (Å²) in [5.41, 5.74) is 2.90. The molecule has 0 unspecified atom stereocenters. The third kappa shape index (κ3) is 5.06. The van der Waals surface area contributed by atoms with Crippen LogP contribution in [0.5, 0.6) is 11.5 Å². The van der Waals surface area contributed by atoms with E-state index in [1.165, 1.54) is 20.3 Å². The van der Waals surface area contributed by atoms with Gasteiger partial charge in [-0.2, -0.15) is 0 Å². The standard InChI is InChI=1S/C24H25NO6/c1-16-13-20(17(2)25(16)14-19-8-6-12-30-19)21(26)15-31-23(27)11-10-18-7-5-9-22(28-3)24(18)29-4/h5-13H,14-15H2,1-4H3/b11-10+. The Kier molecular flexibility index (Phi) is 6.97. The van der Waals surface area contributed by atoms with E-state index in [1.807, 2.05) is 30.5 Å². The number of benzene rings is 1. The van der Waals surface area contributed by atoms with Crippen LogP contribution in [0, 0.1) is 13.8 Å². The lowest BCUT2D eigenvalue weighted by Crippen LogP contribution is -2.13. The third-order valence-electron chi connectivity index (χ3n) is 4.95. The minimum absolute atomic E-state index is 0.264. The van der Waals surface area contributed by atoms with Crippen LogP contribution in [0.15, 0.2) is 53.2 Å². The van der Waals surface area contributed by atoms with E-state index in [4.69, 9.17) is 18.6 Å². The molecule has 0 bridgehead atoms. The van der Waals surface area contributed by atoms with Crippen LogP contribution in [-0.4, -0.2) is 37.1 Å². The summed E-state index contributed by atoms with van der Waals surface area (Å²) in [5, 5.41) is 0. The van der Waals surface area contributed by atoms with Crippen LogP contribution in [0.25, 0.3) is 6.08 Å². The number of nitrogens with zero attached hydrogens (tertiary/aromatic N) is 1. The van der Waals surface area contributed by atoms with Gasteiger partial charge in [-0.3, -0.25) is 4.79 Å². The number of carbonyl (C=O) groups excluding carboxylic acids is 2. The van der Waals surface area contributed by atoms with Gasteiger partial charge in [-0.15, -0.1) is 0 Å². The van der Waals surface area contributed by atoms with E-state index in [-0.39, 0.29) is 12.4 Å². The van der Waals surface area contributed by atoms with Crippen LogP contribution in [0.3, 0.4) is 0 Å². The third-order valence-corrected chi connectivity index (χ3v) is 4.95. The van der Waals surface area contributed by atoms with Crippen LogP contribution >= 0.6 is 0 Å². The summed E-state index contributed by atoms with van der Waals surface area (Å²) >= 11 is 0. The normalized spacial score (nSPS) is 11.0. The van der Waals surface area contributed by atoms with Gasteiger partial charge in [0.05, 0.1) is 27.0 Å². The fourth-order valence-corrected chi connectivity index (χ4v) is 3.35. The second-order valence-electron chi connectivity index (χ2n) is 6.90. The lowest BCUT2D eigenvalue weighted by atomic mass is 10.1. The number of para-hydroxylation sites is 1. The summed E-state index contributed by atoms with van der Waals surface area (Å²) in [6.45, 7) is 3.97. The number of ether oxygens (including phenoxy) is 3. The quantitative estimate of drug-likeness (QED) is 0.292. The minimum atomic E-state index is -0.623. The first-order valence-electron chi connectivity index (χ1n) is 9.72. The Morgan fingerprint density at radius 1 is 1.10 bits per heavy atom. The van der Waals surface area contributed by atoms with E-state index >= 15 is 0 Å². The molecule has 0 aliphatic carbocycles. The van der Waals surface area contributed by atoms with Crippen molar-refractivity contribution in [1.29, 1.82) is 0 Å². The summed E-state index contributed by atoms with van der Waals surface area (Å²) in [5.74, 6) is 0.972. The Balaban J connectivity index is 1.64. The van der Waals surface area contributed by atoms with E-state index in [0.717, 1.165) is 17.1 Å². The number of aryl methyl sites for hydroxylation is 1. The first-order chi connectivity index (χ1) is 14.9. The number of esters is 1. The molecule has 162 valence electrons. The number of aromatic nitrogens is 1. The Morgan fingerprint density at radius 2 is 1.90 bits per heavy atom. The fraction of sp³-hybridized carbons (Fsp3) is 0.250. The molecule has 0 spiro atoms. The number of methoxy groups -OCH3 is 2. The van der Waals surface area contributed by atoms with E-state index in [2.05, 4.69) is 0 Å². The number of hydrogen-bond acceptors (Lipinski definition) is 6. The summed E-state index contributed by atoms with van der Waals surface area (Å²) in [7, 11) is 3.06. The summed E-state index contributed by atoms with van der Waals surface area (Å²) in [6, 6.07) is 10.8. The van der Waals surface area contributed by atoms with Crippen molar-refractivity contribution < 1.29 is 28.2 Å². The summed E-state index contributed by atoms with van der Waals surface area (Å²) in [6.07, 6.45) is 4.43. The van der Waals surface area contributed by atoms with Crippen LogP contribution in [-0.2, 0) is 16.1 Å². The average molecular weight is 423 g/mol. The number of ketones is 1. The molecule has 0 radical (unpaired) electrons. The highest BCUT2D eigenvalue weighted by Crippen LogP contribution is 2.31. The van der Waals surface area contributed by atoms with E-state index in [9.17, 15) is 9.59 Å². The van der Waals surface area contributed by atoms with E-state index in [0.29, 0.717) is 29.2 Å². The van der Waals surface area contributed by atoms with Crippen molar-refractivity contribution in [3.63, 3.8) is 0 Å². The number of Topliss-reactive ketones (excluding diaryl/α,β-unsaturated/α-hetero) is 1. The van der Waals surface area contributed by atoms with Crippen LogP contribution < -0.4 is 9.47 Å². The first kappa shape index (κ1) is 22.0. The van der Waals surface area contributed by atoms with Gasteiger partial charge in [0.2, 0.25) is 5.78 Å². The van der Waals surface area contributed by atoms with E-state index in [1.54, 1.807) is 36.6 Å². The van der Waals surface area contributed by atoms with Crippen molar-refractivity contribution >= 4 is 17.8 Å². The second kappa shape index (κ2) is 9.84. The SMILES string of the molecule is COc1cccc(/C=C/C(=O)OCC(=O)c2cc(C)n(Cc3ccco3)c2C)c1OC. The van der Waals surface area contributed by atoms with Crippen molar-refractivity contribution in [3.05, 3.63) is 77.0 Å². The molecule has 0 aliphatic heterocycles. The van der Waals surface area contributed by atoms with Gasteiger partial charge in [0.25, 0.3) is 0 Å². The fourth-order valence-electron chi connectivity index (χ4n) is 3.35. The topological polar surface area (TPSA) is 79.9 Å². The number of rotatable bonds is 9. The van der Waals surface area contributed by atoms with Crippen molar-refractivity contribution in [2.45, 2.75) is 20.4 Å². The molecule has 3 rings (SSSR count). The predicted molar refractivity (Wildman–Crippen MR) is 116 cm³/mol. The Bertz CT molecular complexity index is 1090. The highest BCUT2D eigenvalue weighted by Gasteiger charge is 2.17. The molecule has 0 amide bonds. The van der Waals surface area contributed by atoms with Gasteiger partial charge in [-0.25, -0.2) is 4.79 Å². The lowest BCUT2D eigenvalue weighted by Gasteiger charge is -2.09. The molecule has 0 N–H and O–H groups in total. The molecular weight excluding hydrogens is 398 g/mol. The molecule has 7 heteroatoms. The maximum atomic E-state index is 12.6. The molecule has 2 aromatic heterocycles. The van der Waals surface area contributed by atoms with Crippen LogP contribution in [0.1, 0.15) is 33.1 Å². The van der Waals surface area contributed by atoms with Crippen LogP contribution in [0.4, 0.5) is 0 Å². The van der Waals surface area contributed by atoms with Crippen molar-refractivity contribution in [3.8, 4) is 11.5 Å². The second-order valence-corrected chi connectivity index (χ2v) is 6.90. The van der Waals surface area contributed by atoms with Gasteiger partial charge in [-0.05, 0) is 44.2 Å². The molecule has 0 saturated heterocycles. The minimum Gasteiger partial charge on any atom is -0.493 e. The maximum absolute atomic E-state index is 12.6. The van der Waals surface area contributed by atoms with Crippen LogP contribution in [0.2, 0.25) is 0 Å². The zero-order chi connectivity index (χ0) is 22.4. The van der Waals surface area contributed by atoms with Crippen molar-refractivity contribution in [2.75, 3.05) is 20.8 Å². The van der Waals surface area contributed by atoms with Gasteiger partial charge in [-0.1, -0.05) is 12.1 Å². The molecule has 2 heterocycles. The van der Waals surface area contributed by atoms with Gasteiger partial charge in [0.15, 0.2) is 18.1 Å². The predicted octanol–water partition coefficient (Wildman–Crippen LogP) is 4.20. The van der Waals surface area contributed by atoms with E-state index < -0.39 is 5.97 Å². The zero-order valence-electron chi connectivity index (χ0n) is 18.0. The largest absolute Gasteiger partial charge is 0.493 e. The number of hydrogen-bond donors (Lipinski definition) is 0. The zero-order valence-corrected chi connectivity index (χ0v) is 18.0. The molecule has 31 heavy (non-hydrogen) atoms. The maximum Gasteiger partial charge on any atom is 0.331 e. The Hall–Kier alpha value is -3.74. The summed E-state index contributed by atoms with van der Waals surface area (Å²) in [4.78, 5) is 24.7. The molecule has 7 nitrogen and oxygen atoms in total. The van der Waals surface area contributed by atoms with Gasteiger partial charge in [0.1, 0.15) is 5.76 Å². The molecule has 0 aliphatic rings. The molecule has 0 fully saturated rings. The summed E-state index contributed by atoms with van der Waals surface area (Å²) < 4.78 is 23.1. The van der Waals surface area contributed by atoms with Gasteiger partial charge >= 0.3 is 5.97 Å². The smallest absolute Gasteiger partial charge is 0.331 e. The number of carbonyl (C=O) groups is 2. The van der Waals surface area contributed by atoms with Gasteiger partial charge < -0.3 is 23.2 Å². The Morgan fingerprint density at radius 3 is 2.58 bits per heavy atom. The first-order valence-corrected chi connectivity index (χ1v) is 9.72. The Labute approximate surface area is 180 Å². The van der Waals surface area contributed by atoms with Gasteiger partial charge in [0, 0.05) is 28.6 Å². The van der Waals surface area contributed by atoms with Crippen molar-refractivity contribution in [1.82, 2.24) is 4.57 Å². The number of furan rings is 1. The van der Waals surface area contributed by atoms with Crippen molar-refractivity contribution in [2.24, 2.45) is 0 Å². The average Bonchev–Trinajstić information content (AvgIpc) is 3.39. The molecule has 0 atom stereocenters. The molecule has 1 aromatic carbocycles. The molecule has 3 aromatic rings. The lowest BCUT2D eigenvalue weighted by molar-refractivity contribution is -0.136.